The second-order valence-corrected chi connectivity index (χ2v) is 6.67. The van der Waals surface area contributed by atoms with E-state index in [0.29, 0.717) is 0 Å². The van der Waals surface area contributed by atoms with Crippen LogP contribution in [0, 0.1) is 13.8 Å². The SMILES string of the molecule is C=C(/C=C\C=C/CCC/C=C/C=C\C=N\CC)c1c(C)cc(C)cc1CC. The van der Waals surface area contributed by atoms with Crippen molar-refractivity contribution in [3.05, 3.63) is 89.6 Å². The van der Waals surface area contributed by atoms with Crippen molar-refractivity contribution in [3.8, 4) is 0 Å². The van der Waals surface area contributed by atoms with Gasteiger partial charge < -0.3 is 0 Å². The molecule has 27 heavy (non-hydrogen) atoms. The Kier molecular flexibility index (Phi) is 11.5. The maximum atomic E-state index is 4.27. The zero-order valence-electron chi connectivity index (χ0n) is 17.5. The zero-order valence-corrected chi connectivity index (χ0v) is 17.5. The minimum absolute atomic E-state index is 0.840. The summed E-state index contributed by atoms with van der Waals surface area (Å²) >= 11 is 0. The molecular weight excluding hydrogens is 326 g/mol. The first-order valence-electron chi connectivity index (χ1n) is 10.0. The number of unbranched alkanes of at least 4 members (excludes halogenated alkanes) is 2. The molecule has 1 aromatic carbocycles. The molecule has 0 N–H and O–H groups in total. The van der Waals surface area contributed by atoms with Gasteiger partial charge in [0.05, 0.1) is 0 Å². The Morgan fingerprint density at radius 1 is 0.963 bits per heavy atom. The second kappa shape index (κ2) is 13.7. The Morgan fingerprint density at radius 2 is 1.67 bits per heavy atom. The van der Waals surface area contributed by atoms with Gasteiger partial charge in [-0.25, -0.2) is 0 Å². The minimum Gasteiger partial charge on any atom is -0.293 e. The molecule has 0 aliphatic carbocycles. The van der Waals surface area contributed by atoms with Gasteiger partial charge in [0, 0.05) is 12.8 Å². The van der Waals surface area contributed by atoms with Crippen LogP contribution in [0.3, 0.4) is 0 Å². The van der Waals surface area contributed by atoms with Gasteiger partial charge in [-0.3, -0.25) is 4.99 Å². The highest BCUT2D eigenvalue weighted by Crippen LogP contribution is 2.25. The van der Waals surface area contributed by atoms with Gasteiger partial charge in [-0.15, -0.1) is 0 Å². The fourth-order valence-electron chi connectivity index (χ4n) is 3.03. The van der Waals surface area contributed by atoms with Crippen molar-refractivity contribution in [2.45, 2.75) is 53.4 Å². The third-order valence-corrected chi connectivity index (χ3v) is 4.28. The van der Waals surface area contributed by atoms with Crippen molar-refractivity contribution in [2.75, 3.05) is 6.54 Å². The first kappa shape index (κ1) is 22.6. The molecular formula is C26H35N. The van der Waals surface area contributed by atoms with Gasteiger partial charge in [0.1, 0.15) is 0 Å². The number of aliphatic imine (C=N–C) groups is 1. The van der Waals surface area contributed by atoms with Gasteiger partial charge >= 0.3 is 0 Å². The molecule has 0 fully saturated rings. The summed E-state index contributed by atoms with van der Waals surface area (Å²) < 4.78 is 0. The lowest BCUT2D eigenvalue weighted by Crippen LogP contribution is -1.95. The summed E-state index contributed by atoms with van der Waals surface area (Å²) in [5, 5.41) is 0. The second-order valence-electron chi connectivity index (χ2n) is 6.67. The summed E-state index contributed by atoms with van der Waals surface area (Å²) in [5.74, 6) is 0. The highest BCUT2D eigenvalue weighted by atomic mass is 14.7. The topological polar surface area (TPSA) is 12.4 Å². The largest absolute Gasteiger partial charge is 0.293 e. The summed E-state index contributed by atoms with van der Waals surface area (Å²) in [6.07, 6.45) is 23.1. The molecule has 0 amide bonds. The van der Waals surface area contributed by atoms with Crippen LogP contribution in [0.15, 0.2) is 72.3 Å². The fourth-order valence-corrected chi connectivity index (χ4v) is 3.03. The Labute approximate surface area is 166 Å². The van der Waals surface area contributed by atoms with E-state index in [2.05, 4.69) is 80.9 Å². The van der Waals surface area contributed by atoms with Gasteiger partial charge in [-0.1, -0.05) is 73.7 Å². The van der Waals surface area contributed by atoms with Crippen molar-refractivity contribution in [3.63, 3.8) is 0 Å². The van der Waals surface area contributed by atoms with E-state index >= 15 is 0 Å². The van der Waals surface area contributed by atoms with Gasteiger partial charge in [-0.05, 0) is 74.8 Å². The molecule has 0 heterocycles. The third-order valence-electron chi connectivity index (χ3n) is 4.28. The van der Waals surface area contributed by atoms with Crippen LogP contribution in [0.25, 0.3) is 5.57 Å². The van der Waals surface area contributed by atoms with E-state index in [-0.39, 0.29) is 0 Å². The van der Waals surface area contributed by atoms with Crippen LogP contribution in [-0.4, -0.2) is 12.8 Å². The molecule has 144 valence electrons. The van der Waals surface area contributed by atoms with Crippen LogP contribution in [0.4, 0.5) is 0 Å². The van der Waals surface area contributed by atoms with Crippen LogP contribution < -0.4 is 0 Å². The number of rotatable bonds is 11. The number of benzene rings is 1. The van der Waals surface area contributed by atoms with Crippen LogP contribution >= 0.6 is 0 Å². The number of hydrogen-bond acceptors (Lipinski definition) is 1. The molecule has 0 aliphatic heterocycles. The van der Waals surface area contributed by atoms with Gasteiger partial charge in [0.2, 0.25) is 0 Å². The molecule has 0 aliphatic rings. The minimum atomic E-state index is 0.840. The Balaban J connectivity index is 2.40. The third kappa shape index (κ3) is 9.19. The molecule has 0 aromatic heterocycles. The quantitative estimate of drug-likeness (QED) is 0.222. The van der Waals surface area contributed by atoms with Crippen LogP contribution in [0.1, 0.15) is 55.4 Å². The van der Waals surface area contributed by atoms with Crippen molar-refractivity contribution >= 4 is 11.8 Å². The molecule has 1 aromatic rings. The van der Waals surface area contributed by atoms with Crippen molar-refractivity contribution in [1.29, 1.82) is 0 Å². The molecule has 1 nitrogen and oxygen atoms in total. The number of aryl methyl sites for hydroxylation is 3. The molecule has 0 saturated heterocycles. The Hall–Kier alpha value is -2.41. The first-order chi connectivity index (χ1) is 13.1. The van der Waals surface area contributed by atoms with Crippen LogP contribution in [-0.2, 0) is 6.42 Å². The van der Waals surface area contributed by atoms with E-state index in [0.717, 1.165) is 37.8 Å². The molecule has 0 bridgehead atoms. The Bertz CT molecular complexity index is 727. The number of allylic oxidation sites excluding steroid dienone is 9. The molecule has 1 heteroatoms. The highest BCUT2D eigenvalue weighted by molar-refractivity contribution is 5.77. The maximum absolute atomic E-state index is 4.27. The average molecular weight is 362 g/mol. The number of hydrogen-bond donors (Lipinski definition) is 0. The predicted molar refractivity (Wildman–Crippen MR) is 124 cm³/mol. The van der Waals surface area contributed by atoms with E-state index in [9.17, 15) is 0 Å². The van der Waals surface area contributed by atoms with E-state index in [1.807, 2.05) is 25.3 Å². The Morgan fingerprint density at radius 3 is 2.33 bits per heavy atom. The smallest absolute Gasteiger partial charge is 0.0360 e. The lowest BCUT2D eigenvalue weighted by molar-refractivity contribution is 0.868. The van der Waals surface area contributed by atoms with Crippen LogP contribution in [0.5, 0.6) is 0 Å². The van der Waals surface area contributed by atoms with E-state index in [1.54, 1.807) is 0 Å². The average Bonchev–Trinajstić information content (AvgIpc) is 2.64. The summed E-state index contributed by atoms with van der Waals surface area (Å²) in [4.78, 5) is 4.13. The zero-order chi connectivity index (χ0) is 19.9. The summed E-state index contributed by atoms with van der Waals surface area (Å²) in [5.41, 5.74) is 6.41. The fraction of sp³-hybridized carbons (Fsp3) is 0.346. The monoisotopic (exact) mass is 361 g/mol. The highest BCUT2D eigenvalue weighted by Gasteiger charge is 2.07. The molecule has 1 rings (SSSR count). The molecule has 0 radical (unpaired) electrons. The molecule has 0 spiro atoms. The van der Waals surface area contributed by atoms with E-state index in [1.165, 1.54) is 22.3 Å². The van der Waals surface area contributed by atoms with Gasteiger partial charge in [0.15, 0.2) is 0 Å². The standard InChI is InChI=1S/C26H35N/c1-6-25-21-22(3)20-24(5)26(25)23(4)18-16-14-12-10-8-9-11-13-15-17-19-27-7-2/h11-21H,4,6-10H2,1-3,5H3/b13-11+,14-12-,17-15-,18-16-,27-19+. The van der Waals surface area contributed by atoms with Crippen molar-refractivity contribution < 1.29 is 0 Å². The van der Waals surface area contributed by atoms with Crippen molar-refractivity contribution in [2.24, 2.45) is 4.99 Å². The first-order valence-corrected chi connectivity index (χ1v) is 10.0. The maximum Gasteiger partial charge on any atom is 0.0360 e. The normalized spacial score (nSPS) is 12.6. The van der Waals surface area contributed by atoms with Crippen molar-refractivity contribution in [1.82, 2.24) is 0 Å². The van der Waals surface area contributed by atoms with E-state index in [4.69, 9.17) is 0 Å². The number of nitrogens with zero attached hydrogens (tertiary/aromatic N) is 1. The summed E-state index contributed by atoms with van der Waals surface area (Å²) in [7, 11) is 0. The predicted octanol–water partition coefficient (Wildman–Crippen LogP) is 7.36. The van der Waals surface area contributed by atoms with Crippen LogP contribution in [0.2, 0.25) is 0 Å². The molecule has 0 unspecified atom stereocenters. The lowest BCUT2D eigenvalue weighted by Gasteiger charge is -2.13. The molecule has 0 saturated carbocycles. The van der Waals surface area contributed by atoms with Gasteiger partial charge in [-0.2, -0.15) is 0 Å². The molecule has 0 atom stereocenters. The van der Waals surface area contributed by atoms with E-state index < -0.39 is 0 Å². The summed E-state index contributed by atoms with van der Waals surface area (Å²) in [6.45, 7) is 13.7. The lowest BCUT2D eigenvalue weighted by atomic mass is 9.92. The summed E-state index contributed by atoms with van der Waals surface area (Å²) in [6, 6.07) is 4.51. The van der Waals surface area contributed by atoms with Gasteiger partial charge in [0.25, 0.3) is 0 Å².